The molecule has 4 rings (SSSR count). The molecule has 1 saturated heterocycles. The van der Waals surface area contributed by atoms with Crippen molar-refractivity contribution >= 4 is 0 Å². The fraction of sp³-hybridized carbons (Fsp3) is 0.636. The van der Waals surface area contributed by atoms with E-state index in [0.717, 1.165) is 38.0 Å². The lowest BCUT2D eigenvalue weighted by atomic mass is 9.77. The van der Waals surface area contributed by atoms with Crippen LogP contribution in [0.5, 0.6) is 0 Å². The Bertz CT molecular complexity index is 777. The zero-order valence-corrected chi connectivity index (χ0v) is 17.3. The van der Waals surface area contributed by atoms with E-state index in [1.54, 1.807) is 7.11 Å². The van der Waals surface area contributed by atoms with Crippen molar-refractivity contribution in [3.8, 4) is 0 Å². The van der Waals surface area contributed by atoms with E-state index in [4.69, 9.17) is 9.47 Å². The fourth-order valence-corrected chi connectivity index (χ4v) is 5.14. The first-order valence-electron chi connectivity index (χ1n) is 10.4. The molecule has 0 unspecified atom stereocenters. The zero-order chi connectivity index (χ0) is 19.5. The van der Waals surface area contributed by atoms with Crippen LogP contribution in [0.25, 0.3) is 0 Å². The summed E-state index contributed by atoms with van der Waals surface area (Å²) < 4.78 is 13.1. The van der Waals surface area contributed by atoms with Crippen LogP contribution < -0.4 is 0 Å². The van der Waals surface area contributed by atoms with Crippen molar-refractivity contribution in [2.45, 2.75) is 51.5 Å². The van der Waals surface area contributed by atoms with Gasteiger partial charge in [-0.15, -0.1) is 5.10 Å². The molecule has 6 heteroatoms. The number of rotatable bonds is 7. The van der Waals surface area contributed by atoms with Gasteiger partial charge >= 0.3 is 0 Å². The van der Waals surface area contributed by atoms with Gasteiger partial charge in [-0.3, -0.25) is 4.90 Å². The maximum Gasteiger partial charge on any atom is 0.108 e. The summed E-state index contributed by atoms with van der Waals surface area (Å²) in [5, 5.41) is 8.62. The molecule has 4 atom stereocenters. The third kappa shape index (κ3) is 4.00. The summed E-state index contributed by atoms with van der Waals surface area (Å²) in [5.41, 5.74) is 3.82. The largest absolute Gasteiger partial charge is 0.379 e. The highest BCUT2D eigenvalue weighted by molar-refractivity contribution is 5.27. The Kier molecular flexibility index (Phi) is 6.09. The first-order chi connectivity index (χ1) is 13.7. The molecule has 28 heavy (non-hydrogen) atoms. The Morgan fingerprint density at radius 3 is 2.54 bits per heavy atom. The summed E-state index contributed by atoms with van der Waals surface area (Å²) >= 11 is 0. The minimum absolute atomic E-state index is 0.196. The van der Waals surface area contributed by atoms with Crippen LogP contribution in [0.3, 0.4) is 0 Å². The lowest BCUT2D eigenvalue weighted by Gasteiger charge is -2.37. The predicted octanol–water partition coefficient (Wildman–Crippen LogP) is 3.09. The van der Waals surface area contributed by atoms with Gasteiger partial charge < -0.3 is 9.47 Å². The molecule has 1 aliphatic heterocycles. The van der Waals surface area contributed by atoms with Gasteiger partial charge in [-0.25, -0.2) is 4.68 Å². The molecule has 2 heterocycles. The average Bonchev–Trinajstić information content (AvgIpc) is 3.33. The van der Waals surface area contributed by atoms with Crippen LogP contribution in [0.15, 0.2) is 30.5 Å². The molecule has 1 aromatic heterocycles. The summed E-state index contributed by atoms with van der Waals surface area (Å²) in [7, 11) is 3.52. The molecule has 6 nitrogen and oxygen atoms in total. The van der Waals surface area contributed by atoms with E-state index in [-0.39, 0.29) is 12.1 Å². The fourth-order valence-electron chi connectivity index (χ4n) is 5.14. The molecule has 2 fully saturated rings. The van der Waals surface area contributed by atoms with Crippen LogP contribution >= 0.6 is 0 Å². The maximum atomic E-state index is 5.89. The number of likely N-dealkylation sites (tertiary alicyclic amines) is 1. The number of nitrogens with zero attached hydrogens (tertiary/aromatic N) is 4. The molecule has 0 radical (unpaired) electrons. The monoisotopic (exact) mass is 384 g/mol. The number of aryl methyl sites for hydroxylation is 1. The SMILES string of the molecule is CCc1ccccc1CN1C[C@H]2C[C@@H](n3cc(COC)nn3)[C@H](OC)C[C@H]2C1. The van der Waals surface area contributed by atoms with Crippen LogP contribution in [-0.4, -0.2) is 53.3 Å². The number of hydrogen-bond donors (Lipinski definition) is 0. The third-order valence-electron chi connectivity index (χ3n) is 6.55. The smallest absolute Gasteiger partial charge is 0.108 e. The van der Waals surface area contributed by atoms with Crippen LogP contribution in [-0.2, 0) is 29.0 Å². The van der Waals surface area contributed by atoms with Crippen molar-refractivity contribution in [2.75, 3.05) is 27.3 Å². The Hall–Kier alpha value is -1.76. The lowest BCUT2D eigenvalue weighted by molar-refractivity contribution is -0.00548. The second-order valence-corrected chi connectivity index (χ2v) is 8.27. The third-order valence-corrected chi connectivity index (χ3v) is 6.55. The standard InChI is InChI=1S/C22H32N4O2/c1-4-16-7-5-6-8-17(16)11-25-12-18-9-21(22(28-3)10-19(18)13-25)26-14-20(15-27-2)23-24-26/h5-8,14,18-19,21-22H,4,9-13,15H2,1-3H3/t18-,19+,21-,22-/m1/s1. The predicted molar refractivity (Wildman–Crippen MR) is 108 cm³/mol. The second kappa shape index (κ2) is 8.72. The van der Waals surface area contributed by atoms with Gasteiger partial charge in [0.05, 0.1) is 24.9 Å². The molecule has 0 spiro atoms. The molecule has 2 aliphatic rings. The quantitative estimate of drug-likeness (QED) is 0.734. The van der Waals surface area contributed by atoms with Gasteiger partial charge in [-0.05, 0) is 42.2 Å². The van der Waals surface area contributed by atoms with E-state index >= 15 is 0 Å². The number of ether oxygens (including phenoxy) is 2. The van der Waals surface area contributed by atoms with Crippen molar-refractivity contribution in [3.05, 3.63) is 47.3 Å². The van der Waals surface area contributed by atoms with Gasteiger partial charge in [0.15, 0.2) is 0 Å². The van der Waals surface area contributed by atoms with Gasteiger partial charge in [0.1, 0.15) is 5.69 Å². The number of fused-ring (bicyclic) bond motifs is 1. The Balaban J connectivity index is 1.45. The molecule has 1 saturated carbocycles. The van der Waals surface area contributed by atoms with Crippen LogP contribution in [0.4, 0.5) is 0 Å². The van der Waals surface area contributed by atoms with Gasteiger partial charge in [0.25, 0.3) is 0 Å². The van der Waals surface area contributed by atoms with Gasteiger partial charge in [-0.1, -0.05) is 36.4 Å². The normalized spacial score (nSPS) is 27.8. The first-order valence-corrected chi connectivity index (χ1v) is 10.4. The van der Waals surface area contributed by atoms with Crippen molar-refractivity contribution in [1.29, 1.82) is 0 Å². The molecule has 1 aromatic carbocycles. The van der Waals surface area contributed by atoms with Crippen LogP contribution in [0, 0.1) is 11.8 Å². The highest BCUT2D eigenvalue weighted by Crippen LogP contribution is 2.42. The molecule has 1 aliphatic carbocycles. The van der Waals surface area contributed by atoms with E-state index in [1.807, 2.05) is 18.0 Å². The van der Waals surface area contributed by atoms with Crippen molar-refractivity contribution < 1.29 is 9.47 Å². The highest BCUT2D eigenvalue weighted by Gasteiger charge is 2.43. The van der Waals surface area contributed by atoms with E-state index in [0.29, 0.717) is 18.4 Å². The summed E-state index contributed by atoms with van der Waals surface area (Å²) in [6, 6.07) is 9.12. The maximum absolute atomic E-state index is 5.89. The Labute approximate surface area is 167 Å². The molecular formula is C22H32N4O2. The van der Waals surface area contributed by atoms with Crippen molar-refractivity contribution in [1.82, 2.24) is 19.9 Å². The van der Waals surface area contributed by atoms with Gasteiger partial charge in [-0.2, -0.15) is 0 Å². The average molecular weight is 385 g/mol. The summed E-state index contributed by atoms with van der Waals surface area (Å²) in [4.78, 5) is 2.64. The Morgan fingerprint density at radius 2 is 1.82 bits per heavy atom. The minimum Gasteiger partial charge on any atom is -0.379 e. The lowest BCUT2D eigenvalue weighted by Crippen LogP contribution is -2.37. The Morgan fingerprint density at radius 1 is 1.07 bits per heavy atom. The van der Waals surface area contributed by atoms with E-state index < -0.39 is 0 Å². The molecule has 152 valence electrons. The number of benzene rings is 1. The molecule has 2 aromatic rings. The molecule has 0 N–H and O–H groups in total. The number of aromatic nitrogens is 3. The molecular weight excluding hydrogens is 352 g/mol. The first kappa shape index (κ1) is 19.6. The van der Waals surface area contributed by atoms with Crippen molar-refractivity contribution in [2.24, 2.45) is 11.8 Å². The number of hydrogen-bond acceptors (Lipinski definition) is 5. The van der Waals surface area contributed by atoms with Crippen molar-refractivity contribution in [3.63, 3.8) is 0 Å². The number of methoxy groups -OCH3 is 2. The molecule has 0 bridgehead atoms. The summed E-state index contributed by atoms with van der Waals surface area (Å²) in [6.07, 6.45) is 5.51. The van der Waals surface area contributed by atoms with E-state index in [9.17, 15) is 0 Å². The summed E-state index contributed by atoms with van der Waals surface area (Å²) in [6.45, 7) is 6.13. The highest BCUT2D eigenvalue weighted by atomic mass is 16.5. The minimum atomic E-state index is 0.196. The van der Waals surface area contributed by atoms with Gasteiger partial charge in [0.2, 0.25) is 0 Å². The zero-order valence-electron chi connectivity index (χ0n) is 17.3. The van der Waals surface area contributed by atoms with E-state index in [2.05, 4.69) is 46.4 Å². The summed E-state index contributed by atoms with van der Waals surface area (Å²) in [5.74, 6) is 1.40. The second-order valence-electron chi connectivity index (χ2n) is 8.27. The van der Waals surface area contributed by atoms with E-state index in [1.165, 1.54) is 17.7 Å². The van der Waals surface area contributed by atoms with Crippen LogP contribution in [0.1, 0.15) is 42.6 Å². The van der Waals surface area contributed by atoms with Crippen LogP contribution in [0.2, 0.25) is 0 Å². The molecule has 0 amide bonds. The van der Waals surface area contributed by atoms with Gasteiger partial charge in [0, 0.05) is 33.9 Å². The topological polar surface area (TPSA) is 52.4 Å².